The average Bonchev–Trinajstić information content (AvgIpc) is 2.71. The molecule has 1 aliphatic rings. The molecule has 12 heavy (non-hydrogen) atoms. The molecular formula is C9H9N3. The summed E-state index contributed by atoms with van der Waals surface area (Å²) in [6, 6.07) is 2.10. The van der Waals surface area contributed by atoms with Crippen molar-refractivity contribution in [2.45, 2.75) is 12.8 Å². The van der Waals surface area contributed by atoms with Gasteiger partial charge in [0.1, 0.15) is 0 Å². The molecular weight excluding hydrogens is 150 g/mol. The number of nitrogens with one attached hydrogen (secondary N) is 2. The number of nitrogens with zero attached hydrogens (tertiary/aromatic N) is 1. The third kappa shape index (κ3) is 0.630. The Labute approximate surface area is 69.8 Å². The van der Waals surface area contributed by atoms with E-state index in [1.807, 2.05) is 12.4 Å². The van der Waals surface area contributed by atoms with Crippen LogP contribution in [0.3, 0.4) is 0 Å². The van der Waals surface area contributed by atoms with E-state index in [2.05, 4.69) is 21.2 Å². The number of aryl methyl sites for hydroxylation is 2. The van der Waals surface area contributed by atoms with Gasteiger partial charge in [0.2, 0.25) is 0 Å². The highest BCUT2D eigenvalue weighted by Crippen LogP contribution is 2.30. The summed E-state index contributed by atoms with van der Waals surface area (Å²) in [5.41, 5.74) is 5.14. The van der Waals surface area contributed by atoms with Crippen LogP contribution in [0.15, 0.2) is 18.5 Å². The minimum Gasteiger partial charge on any atom is -0.364 e. The Balaban J connectivity index is 2.32. The van der Waals surface area contributed by atoms with Crippen molar-refractivity contribution >= 4 is 0 Å². The molecule has 0 aliphatic heterocycles. The third-order valence-corrected chi connectivity index (χ3v) is 2.46. The van der Waals surface area contributed by atoms with E-state index < -0.39 is 0 Å². The minimum absolute atomic E-state index is 1.10. The van der Waals surface area contributed by atoms with Crippen molar-refractivity contribution in [3.8, 4) is 11.3 Å². The summed E-state index contributed by atoms with van der Waals surface area (Å²) in [7, 11) is 0. The van der Waals surface area contributed by atoms with Crippen molar-refractivity contribution in [3.05, 3.63) is 29.7 Å². The summed E-state index contributed by atoms with van der Waals surface area (Å²) >= 11 is 0. The van der Waals surface area contributed by atoms with E-state index in [-0.39, 0.29) is 0 Å². The lowest BCUT2D eigenvalue weighted by molar-refractivity contribution is 0.910. The Kier molecular flexibility index (Phi) is 1.01. The van der Waals surface area contributed by atoms with E-state index in [4.69, 9.17) is 0 Å². The average molecular weight is 159 g/mol. The molecule has 0 saturated heterocycles. The fourth-order valence-corrected chi connectivity index (χ4v) is 1.84. The largest absolute Gasteiger partial charge is 0.364 e. The van der Waals surface area contributed by atoms with Crippen LogP contribution in [0.2, 0.25) is 0 Å². The normalized spacial score (nSPS) is 14.0. The van der Waals surface area contributed by atoms with E-state index in [0.717, 1.165) is 12.8 Å². The molecule has 60 valence electrons. The van der Waals surface area contributed by atoms with Gasteiger partial charge in [-0.05, 0) is 24.5 Å². The zero-order chi connectivity index (χ0) is 7.97. The lowest BCUT2D eigenvalue weighted by atomic mass is 9.96. The lowest BCUT2D eigenvalue weighted by Crippen LogP contribution is -2.00. The van der Waals surface area contributed by atoms with Gasteiger partial charge in [-0.1, -0.05) is 0 Å². The Hall–Kier alpha value is -1.51. The summed E-state index contributed by atoms with van der Waals surface area (Å²) in [6.45, 7) is 0. The zero-order valence-electron chi connectivity index (χ0n) is 6.59. The molecule has 0 atom stereocenters. The van der Waals surface area contributed by atoms with Crippen molar-refractivity contribution in [2.75, 3.05) is 0 Å². The van der Waals surface area contributed by atoms with Gasteiger partial charge in [-0.25, -0.2) is 0 Å². The maximum Gasteiger partial charge on any atom is 0.0700 e. The molecule has 2 aromatic rings. The van der Waals surface area contributed by atoms with Gasteiger partial charge < -0.3 is 4.98 Å². The maximum absolute atomic E-state index is 4.04. The molecule has 2 heterocycles. The smallest absolute Gasteiger partial charge is 0.0700 e. The molecule has 0 bridgehead atoms. The van der Waals surface area contributed by atoms with Crippen LogP contribution in [-0.4, -0.2) is 15.2 Å². The highest BCUT2D eigenvalue weighted by atomic mass is 15.1. The van der Waals surface area contributed by atoms with Crippen LogP contribution in [0.4, 0.5) is 0 Å². The van der Waals surface area contributed by atoms with Crippen molar-refractivity contribution in [1.82, 2.24) is 15.2 Å². The zero-order valence-corrected chi connectivity index (χ0v) is 6.59. The monoisotopic (exact) mass is 159 g/mol. The molecule has 3 rings (SSSR count). The topological polar surface area (TPSA) is 44.5 Å². The maximum atomic E-state index is 4.04. The first-order valence-corrected chi connectivity index (χ1v) is 4.14. The third-order valence-electron chi connectivity index (χ3n) is 2.46. The fourth-order valence-electron chi connectivity index (χ4n) is 1.84. The Morgan fingerprint density at radius 3 is 3.33 bits per heavy atom. The molecule has 2 aromatic heterocycles. The highest BCUT2D eigenvalue weighted by Gasteiger charge is 2.17. The Morgan fingerprint density at radius 2 is 2.33 bits per heavy atom. The number of aromatic amines is 2. The van der Waals surface area contributed by atoms with Crippen LogP contribution in [0.25, 0.3) is 11.3 Å². The van der Waals surface area contributed by atoms with E-state index in [9.17, 15) is 0 Å². The number of fused-ring (bicyclic) bond motifs is 3. The first-order chi connectivity index (χ1) is 5.95. The van der Waals surface area contributed by atoms with E-state index in [1.165, 1.54) is 22.5 Å². The van der Waals surface area contributed by atoms with Crippen molar-refractivity contribution in [2.24, 2.45) is 0 Å². The van der Waals surface area contributed by atoms with Crippen molar-refractivity contribution < 1.29 is 0 Å². The molecule has 0 radical (unpaired) electrons. The van der Waals surface area contributed by atoms with Gasteiger partial charge in [0.25, 0.3) is 0 Å². The van der Waals surface area contributed by atoms with E-state index in [1.54, 1.807) is 0 Å². The van der Waals surface area contributed by atoms with Gasteiger partial charge >= 0.3 is 0 Å². The van der Waals surface area contributed by atoms with Crippen LogP contribution in [-0.2, 0) is 12.8 Å². The Bertz CT molecular complexity index is 371. The molecule has 0 fully saturated rings. The molecule has 3 nitrogen and oxygen atoms in total. The molecule has 0 amide bonds. The van der Waals surface area contributed by atoms with Gasteiger partial charge in [0, 0.05) is 17.5 Å². The first kappa shape index (κ1) is 6.06. The van der Waals surface area contributed by atoms with Gasteiger partial charge in [0.15, 0.2) is 0 Å². The van der Waals surface area contributed by atoms with Crippen LogP contribution < -0.4 is 0 Å². The van der Waals surface area contributed by atoms with Gasteiger partial charge in [-0.2, -0.15) is 5.10 Å². The van der Waals surface area contributed by atoms with Gasteiger partial charge in [-0.3, -0.25) is 5.10 Å². The molecule has 3 heteroatoms. The second kappa shape index (κ2) is 2.00. The predicted molar refractivity (Wildman–Crippen MR) is 45.8 cm³/mol. The minimum atomic E-state index is 1.10. The SMILES string of the molecule is c1cc2c([nH]1)CCc1cn[nH]c1-2. The quantitative estimate of drug-likeness (QED) is 0.601. The number of rotatable bonds is 0. The van der Waals surface area contributed by atoms with Crippen LogP contribution in [0.1, 0.15) is 11.3 Å². The second-order valence-electron chi connectivity index (χ2n) is 3.14. The van der Waals surface area contributed by atoms with Crippen LogP contribution in [0, 0.1) is 0 Å². The standard InChI is InChI=1S/C9H9N3/c1-2-8-7(3-4-10-8)9-6(1)5-11-12-9/h3-5,10H,1-2H2,(H,11,12). The van der Waals surface area contributed by atoms with E-state index in [0.29, 0.717) is 0 Å². The lowest BCUT2D eigenvalue weighted by Gasteiger charge is -2.10. The summed E-state index contributed by atoms with van der Waals surface area (Å²) in [5.74, 6) is 0. The summed E-state index contributed by atoms with van der Waals surface area (Å²) < 4.78 is 0. The Morgan fingerprint density at radius 1 is 1.33 bits per heavy atom. The van der Waals surface area contributed by atoms with Crippen molar-refractivity contribution in [3.63, 3.8) is 0 Å². The van der Waals surface area contributed by atoms with Crippen molar-refractivity contribution in [1.29, 1.82) is 0 Å². The molecule has 2 N–H and O–H groups in total. The second-order valence-corrected chi connectivity index (χ2v) is 3.14. The molecule has 0 unspecified atom stereocenters. The van der Waals surface area contributed by atoms with Crippen LogP contribution in [0.5, 0.6) is 0 Å². The fraction of sp³-hybridized carbons (Fsp3) is 0.222. The molecule has 0 spiro atoms. The molecule has 1 aliphatic carbocycles. The molecule has 0 saturated carbocycles. The summed E-state index contributed by atoms with van der Waals surface area (Å²) in [4.78, 5) is 3.24. The summed E-state index contributed by atoms with van der Waals surface area (Å²) in [6.07, 6.45) is 6.11. The predicted octanol–water partition coefficient (Wildman–Crippen LogP) is 1.50. The molecule has 0 aromatic carbocycles. The van der Waals surface area contributed by atoms with Gasteiger partial charge in [-0.15, -0.1) is 0 Å². The van der Waals surface area contributed by atoms with Crippen LogP contribution >= 0.6 is 0 Å². The highest BCUT2D eigenvalue weighted by molar-refractivity contribution is 5.67. The van der Waals surface area contributed by atoms with Gasteiger partial charge in [0.05, 0.1) is 11.9 Å². The number of hydrogen-bond acceptors (Lipinski definition) is 1. The first-order valence-electron chi connectivity index (χ1n) is 4.14. The number of aromatic nitrogens is 3. The number of H-pyrrole nitrogens is 2. The van der Waals surface area contributed by atoms with E-state index >= 15 is 0 Å². The summed E-state index contributed by atoms with van der Waals surface area (Å²) in [5, 5.41) is 7.07. The number of hydrogen-bond donors (Lipinski definition) is 2.